The quantitative estimate of drug-likeness (QED) is 0.177. The fourth-order valence-corrected chi connectivity index (χ4v) is 8.76. The average Bonchev–Trinajstić information content (AvgIpc) is 3.57. The van der Waals surface area contributed by atoms with E-state index in [9.17, 15) is 0 Å². The van der Waals surface area contributed by atoms with Crippen molar-refractivity contribution in [2.24, 2.45) is 0 Å². The lowest BCUT2D eigenvalue weighted by Crippen LogP contribution is -1.97. The molecule has 2 nitrogen and oxygen atoms in total. The summed E-state index contributed by atoms with van der Waals surface area (Å²) in [5, 5.41) is 14.6. The lowest BCUT2D eigenvalue weighted by molar-refractivity contribution is 0.487. The van der Waals surface area contributed by atoms with Gasteiger partial charge in [0.1, 0.15) is 22.7 Å². The Hall–Kier alpha value is -6.64. The molecule has 0 saturated heterocycles. The minimum absolute atomic E-state index is 0.872. The van der Waals surface area contributed by atoms with Crippen molar-refractivity contribution in [2.75, 3.05) is 0 Å². The fourth-order valence-electron chi connectivity index (χ4n) is 8.76. The van der Waals surface area contributed by atoms with E-state index in [-0.39, 0.29) is 0 Å². The average molecular weight is 635 g/mol. The Morgan fingerprint density at radius 3 is 1.84 bits per heavy atom. The highest BCUT2D eigenvalue weighted by Gasteiger charge is 2.24. The standard InChI is InChI=1S/C48H26O2/c1-2-11-33-27(6-1)16-22-39-46-38(35-20-17-31-15-14-29-7-3-8-30-18-21-37(35)45(31)43(29)30)24-23-34(48(46)50-47(33)39)32-19-25-41-40(26-32)36-12-4-9-28-10-5-13-42(49-41)44(28)36/h1-26H. The van der Waals surface area contributed by atoms with Crippen LogP contribution in [-0.4, -0.2) is 0 Å². The topological polar surface area (TPSA) is 22.4 Å². The zero-order valence-electron chi connectivity index (χ0n) is 26.8. The summed E-state index contributed by atoms with van der Waals surface area (Å²) in [6, 6.07) is 57.1. The molecule has 0 bridgehead atoms. The van der Waals surface area contributed by atoms with Gasteiger partial charge in [-0.2, -0.15) is 0 Å². The maximum absolute atomic E-state index is 7.07. The van der Waals surface area contributed by atoms with Gasteiger partial charge in [0.15, 0.2) is 0 Å². The third-order valence-corrected chi connectivity index (χ3v) is 11.0. The molecule has 11 aromatic rings. The molecule has 1 aromatic heterocycles. The van der Waals surface area contributed by atoms with E-state index >= 15 is 0 Å². The van der Waals surface area contributed by atoms with Crippen molar-refractivity contribution in [3.63, 3.8) is 0 Å². The minimum Gasteiger partial charge on any atom is -0.456 e. The Morgan fingerprint density at radius 1 is 0.300 bits per heavy atom. The molecule has 0 aliphatic carbocycles. The van der Waals surface area contributed by atoms with Crippen LogP contribution in [0.25, 0.3) is 109 Å². The van der Waals surface area contributed by atoms with Crippen molar-refractivity contribution in [1.29, 1.82) is 0 Å². The second-order valence-corrected chi connectivity index (χ2v) is 13.6. The molecular weight excluding hydrogens is 609 g/mol. The van der Waals surface area contributed by atoms with Gasteiger partial charge in [-0.25, -0.2) is 0 Å². The summed E-state index contributed by atoms with van der Waals surface area (Å²) in [5.41, 5.74) is 8.66. The van der Waals surface area contributed by atoms with Gasteiger partial charge < -0.3 is 9.15 Å². The normalized spacial score (nSPS) is 12.6. The van der Waals surface area contributed by atoms with Crippen LogP contribution < -0.4 is 4.74 Å². The molecule has 0 radical (unpaired) electrons. The SMILES string of the molecule is c1cc2c3c(cccc3c1)-c1cc(-c3ccc(-c4ccc5ccc6cccc7ccc4c5c67)c4c3oc3c5ccccc5ccc34)ccc1O2. The van der Waals surface area contributed by atoms with E-state index in [1.807, 2.05) is 0 Å². The molecule has 10 aromatic carbocycles. The minimum atomic E-state index is 0.872. The first-order chi connectivity index (χ1) is 24.8. The number of benzene rings is 10. The van der Waals surface area contributed by atoms with Gasteiger partial charge in [-0.05, 0) is 95.7 Å². The molecule has 0 N–H and O–H groups in total. The summed E-state index contributed by atoms with van der Waals surface area (Å²) in [7, 11) is 0. The first-order valence-corrected chi connectivity index (χ1v) is 17.2. The summed E-state index contributed by atoms with van der Waals surface area (Å²) in [4.78, 5) is 0. The van der Waals surface area contributed by atoms with Gasteiger partial charge in [0.25, 0.3) is 0 Å². The highest BCUT2D eigenvalue weighted by atomic mass is 16.5. The molecule has 0 fully saturated rings. The Bertz CT molecular complexity index is 3210. The van der Waals surface area contributed by atoms with Crippen molar-refractivity contribution in [2.45, 2.75) is 0 Å². The molecule has 0 saturated carbocycles. The Balaban J connectivity index is 1.17. The molecule has 0 amide bonds. The van der Waals surface area contributed by atoms with Crippen LogP contribution in [0, 0.1) is 0 Å². The van der Waals surface area contributed by atoms with Gasteiger partial charge in [-0.15, -0.1) is 0 Å². The van der Waals surface area contributed by atoms with Gasteiger partial charge in [0, 0.05) is 32.7 Å². The van der Waals surface area contributed by atoms with Crippen LogP contribution in [0.2, 0.25) is 0 Å². The first-order valence-electron chi connectivity index (χ1n) is 17.2. The Kier molecular flexibility index (Phi) is 5.00. The third kappa shape index (κ3) is 3.42. The highest BCUT2D eigenvalue weighted by Crippen LogP contribution is 2.50. The zero-order valence-corrected chi connectivity index (χ0v) is 26.8. The fraction of sp³-hybridized carbons (Fsp3) is 0. The van der Waals surface area contributed by atoms with Crippen LogP contribution in [-0.2, 0) is 0 Å². The van der Waals surface area contributed by atoms with E-state index < -0.39 is 0 Å². The Labute approximate surface area is 286 Å². The lowest BCUT2D eigenvalue weighted by atomic mass is 9.87. The van der Waals surface area contributed by atoms with Crippen LogP contribution >= 0.6 is 0 Å². The van der Waals surface area contributed by atoms with E-state index in [1.54, 1.807) is 0 Å². The number of hydrogen-bond donors (Lipinski definition) is 0. The summed E-state index contributed by atoms with van der Waals surface area (Å²) < 4.78 is 13.5. The number of hydrogen-bond acceptors (Lipinski definition) is 2. The van der Waals surface area contributed by atoms with E-state index in [4.69, 9.17) is 9.15 Å². The van der Waals surface area contributed by atoms with Crippen LogP contribution in [0.3, 0.4) is 0 Å². The van der Waals surface area contributed by atoms with Gasteiger partial charge in [0.05, 0.1) is 0 Å². The summed E-state index contributed by atoms with van der Waals surface area (Å²) >= 11 is 0. The molecule has 50 heavy (non-hydrogen) atoms. The van der Waals surface area contributed by atoms with Gasteiger partial charge in [-0.3, -0.25) is 0 Å². The second-order valence-electron chi connectivity index (χ2n) is 13.6. The van der Waals surface area contributed by atoms with Crippen molar-refractivity contribution in [1.82, 2.24) is 0 Å². The molecule has 1 aliphatic heterocycles. The van der Waals surface area contributed by atoms with Crippen molar-refractivity contribution < 1.29 is 9.15 Å². The number of furan rings is 1. The van der Waals surface area contributed by atoms with Crippen molar-refractivity contribution in [3.8, 4) is 44.9 Å². The molecule has 12 rings (SSSR count). The summed E-state index contributed by atoms with van der Waals surface area (Å²) in [6.07, 6.45) is 0. The van der Waals surface area contributed by atoms with Crippen LogP contribution in [0.15, 0.2) is 162 Å². The zero-order chi connectivity index (χ0) is 32.5. The highest BCUT2D eigenvalue weighted by molar-refractivity contribution is 6.28. The lowest BCUT2D eigenvalue weighted by Gasteiger charge is -2.22. The maximum atomic E-state index is 7.07. The molecular formula is C48H26O2. The molecule has 0 spiro atoms. The second kappa shape index (κ2) is 9.49. The van der Waals surface area contributed by atoms with Gasteiger partial charge in [-0.1, -0.05) is 127 Å². The molecule has 0 unspecified atom stereocenters. The first kappa shape index (κ1) is 26.3. The van der Waals surface area contributed by atoms with Crippen molar-refractivity contribution >= 4 is 75.8 Å². The number of rotatable bonds is 2. The number of ether oxygens (including phenoxy) is 1. The van der Waals surface area contributed by atoms with Crippen molar-refractivity contribution in [3.05, 3.63) is 158 Å². The predicted octanol–water partition coefficient (Wildman–Crippen LogP) is 13.9. The van der Waals surface area contributed by atoms with E-state index in [1.165, 1.54) is 59.8 Å². The third-order valence-electron chi connectivity index (χ3n) is 11.0. The van der Waals surface area contributed by atoms with Gasteiger partial charge in [0.2, 0.25) is 0 Å². The molecule has 2 heteroatoms. The van der Waals surface area contributed by atoms with Crippen LogP contribution in [0.4, 0.5) is 0 Å². The largest absolute Gasteiger partial charge is 0.456 e. The van der Waals surface area contributed by atoms with E-state index in [0.29, 0.717) is 0 Å². The maximum Gasteiger partial charge on any atom is 0.143 e. The molecule has 0 atom stereocenters. The monoisotopic (exact) mass is 634 g/mol. The molecule has 1 aliphatic rings. The summed E-state index contributed by atoms with van der Waals surface area (Å²) in [5.74, 6) is 1.78. The smallest absolute Gasteiger partial charge is 0.143 e. The molecule has 2 heterocycles. The Morgan fingerprint density at radius 2 is 0.940 bits per heavy atom. The number of fused-ring (bicyclic) bond motifs is 7. The van der Waals surface area contributed by atoms with Crippen LogP contribution in [0.1, 0.15) is 0 Å². The predicted molar refractivity (Wildman–Crippen MR) is 209 cm³/mol. The van der Waals surface area contributed by atoms with Gasteiger partial charge >= 0.3 is 0 Å². The van der Waals surface area contributed by atoms with E-state index in [0.717, 1.165) is 60.9 Å². The van der Waals surface area contributed by atoms with E-state index in [2.05, 4.69) is 158 Å². The molecule has 230 valence electrons. The summed E-state index contributed by atoms with van der Waals surface area (Å²) in [6.45, 7) is 0. The van der Waals surface area contributed by atoms with Crippen LogP contribution in [0.5, 0.6) is 11.5 Å².